The first kappa shape index (κ1) is 21.7. The summed E-state index contributed by atoms with van der Waals surface area (Å²) in [7, 11) is 0. The summed E-state index contributed by atoms with van der Waals surface area (Å²) >= 11 is 0. The highest BCUT2D eigenvalue weighted by Crippen LogP contribution is 2.16. The Morgan fingerprint density at radius 1 is 1.17 bits per heavy atom. The standard InChI is InChI=1S/C19H21FN4O5/c1-2-10-24-17(26)8-7-15(22-24)19(28)29-12-18(27)23(11-9-16(21)25)14-5-3-13(20)4-6-14/h3-8H,2,9-12H2,1H3,(H2,21,25). The fourth-order valence-electron chi connectivity index (χ4n) is 2.45. The number of aromatic nitrogens is 2. The van der Waals surface area contributed by atoms with Crippen LogP contribution in [0.4, 0.5) is 10.1 Å². The van der Waals surface area contributed by atoms with Crippen molar-refractivity contribution in [1.82, 2.24) is 9.78 Å². The fourth-order valence-corrected chi connectivity index (χ4v) is 2.45. The van der Waals surface area contributed by atoms with E-state index >= 15 is 0 Å². The number of esters is 1. The van der Waals surface area contributed by atoms with E-state index in [1.54, 1.807) is 0 Å². The number of hydrogen-bond donors (Lipinski definition) is 1. The summed E-state index contributed by atoms with van der Waals surface area (Å²) in [6, 6.07) is 7.45. The average molecular weight is 404 g/mol. The summed E-state index contributed by atoms with van der Waals surface area (Å²) in [5.74, 6) is -2.62. The van der Waals surface area contributed by atoms with Crippen LogP contribution >= 0.6 is 0 Å². The molecular weight excluding hydrogens is 383 g/mol. The van der Waals surface area contributed by atoms with Crippen molar-refractivity contribution in [2.75, 3.05) is 18.1 Å². The first-order valence-corrected chi connectivity index (χ1v) is 8.91. The third-order valence-corrected chi connectivity index (χ3v) is 3.86. The molecule has 29 heavy (non-hydrogen) atoms. The van der Waals surface area contributed by atoms with Crippen molar-refractivity contribution in [3.8, 4) is 0 Å². The molecule has 10 heteroatoms. The van der Waals surface area contributed by atoms with E-state index in [0.29, 0.717) is 18.7 Å². The first-order valence-electron chi connectivity index (χ1n) is 8.91. The van der Waals surface area contributed by atoms with E-state index in [1.807, 2.05) is 6.92 Å². The van der Waals surface area contributed by atoms with Crippen LogP contribution in [0.5, 0.6) is 0 Å². The maximum absolute atomic E-state index is 13.1. The molecule has 2 aromatic rings. The van der Waals surface area contributed by atoms with Crippen LogP contribution in [-0.4, -0.2) is 40.7 Å². The number of nitrogens with zero attached hydrogens (tertiary/aromatic N) is 3. The number of carbonyl (C=O) groups is 3. The normalized spacial score (nSPS) is 10.4. The first-order chi connectivity index (χ1) is 13.8. The molecule has 0 aliphatic rings. The fraction of sp³-hybridized carbons (Fsp3) is 0.316. The number of benzene rings is 1. The van der Waals surface area contributed by atoms with Crippen LogP contribution in [0.1, 0.15) is 30.3 Å². The lowest BCUT2D eigenvalue weighted by atomic mass is 10.2. The molecule has 2 rings (SSSR count). The molecule has 0 radical (unpaired) electrons. The Balaban J connectivity index is 2.09. The second-order valence-corrected chi connectivity index (χ2v) is 6.09. The summed E-state index contributed by atoms with van der Waals surface area (Å²) in [6.45, 7) is 1.50. The number of hydrogen-bond acceptors (Lipinski definition) is 6. The molecule has 1 aromatic heterocycles. The van der Waals surface area contributed by atoms with Crippen molar-refractivity contribution in [3.05, 3.63) is 58.3 Å². The molecule has 1 aromatic carbocycles. The third kappa shape index (κ3) is 6.23. The molecule has 0 atom stereocenters. The molecule has 0 fully saturated rings. The van der Waals surface area contributed by atoms with E-state index < -0.39 is 30.2 Å². The highest BCUT2D eigenvalue weighted by Gasteiger charge is 2.20. The highest BCUT2D eigenvalue weighted by molar-refractivity contribution is 5.97. The Morgan fingerprint density at radius 3 is 2.48 bits per heavy atom. The second-order valence-electron chi connectivity index (χ2n) is 6.09. The monoisotopic (exact) mass is 404 g/mol. The van der Waals surface area contributed by atoms with Crippen molar-refractivity contribution < 1.29 is 23.5 Å². The van der Waals surface area contributed by atoms with Crippen LogP contribution in [-0.2, 0) is 20.9 Å². The van der Waals surface area contributed by atoms with Crippen LogP contribution in [0.15, 0.2) is 41.2 Å². The molecule has 0 unspecified atom stereocenters. The third-order valence-electron chi connectivity index (χ3n) is 3.86. The van der Waals surface area contributed by atoms with E-state index in [9.17, 15) is 23.6 Å². The Kier molecular flexibility index (Phi) is 7.58. The Bertz CT molecular complexity index is 942. The predicted octanol–water partition coefficient (Wildman–Crippen LogP) is 0.858. The summed E-state index contributed by atoms with van der Waals surface area (Å²) in [5, 5.41) is 3.91. The van der Waals surface area contributed by atoms with Crippen LogP contribution < -0.4 is 16.2 Å². The van der Waals surface area contributed by atoms with Gasteiger partial charge in [0.25, 0.3) is 11.5 Å². The minimum atomic E-state index is -0.878. The van der Waals surface area contributed by atoms with Gasteiger partial charge in [0.15, 0.2) is 12.3 Å². The smallest absolute Gasteiger partial charge is 0.359 e. The largest absolute Gasteiger partial charge is 0.451 e. The molecule has 9 nitrogen and oxygen atoms in total. The predicted molar refractivity (Wildman–Crippen MR) is 102 cm³/mol. The zero-order valence-corrected chi connectivity index (χ0v) is 15.8. The molecule has 0 aliphatic heterocycles. The van der Waals surface area contributed by atoms with Crippen molar-refractivity contribution in [3.63, 3.8) is 0 Å². The molecule has 0 saturated heterocycles. The van der Waals surface area contributed by atoms with Gasteiger partial charge in [-0.3, -0.25) is 14.4 Å². The second kappa shape index (κ2) is 10.1. The van der Waals surface area contributed by atoms with Gasteiger partial charge in [-0.25, -0.2) is 13.9 Å². The van der Waals surface area contributed by atoms with E-state index in [2.05, 4.69) is 5.10 Å². The molecule has 0 aliphatic carbocycles. The van der Waals surface area contributed by atoms with E-state index in [-0.39, 0.29) is 24.2 Å². The molecular formula is C19H21FN4O5. The van der Waals surface area contributed by atoms with Crippen LogP contribution in [0.2, 0.25) is 0 Å². The Morgan fingerprint density at radius 2 is 1.86 bits per heavy atom. The number of carbonyl (C=O) groups excluding carboxylic acids is 3. The molecule has 0 spiro atoms. The molecule has 2 amide bonds. The van der Waals surface area contributed by atoms with Crippen LogP contribution in [0, 0.1) is 5.82 Å². The van der Waals surface area contributed by atoms with Gasteiger partial charge in [0, 0.05) is 31.3 Å². The number of rotatable bonds is 9. The van der Waals surface area contributed by atoms with Gasteiger partial charge in [-0.1, -0.05) is 6.92 Å². The maximum atomic E-state index is 13.1. The summed E-state index contributed by atoms with van der Waals surface area (Å²) in [6.07, 6.45) is 0.525. The minimum Gasteiger partial charge on any atom is -0.451 e. The highest BCUT2D eigenvalue weighted by atomic mass is 19.1. The van der Waals surface area contributed by atoms with E-state index in [0.717, 1.165) is 16.8 Å². The molecule has 0 bridgehead atoms. The van der Waals surface area contributed by atoms with Gasteiger partial charge in [-0.05, 0) is 36.8 Å². The van der Waals surface area contributed by atoms with Crippen molar-refractivity contribution in [2.45, 2.75) is 26.3 Å². The topological polar surface area (TPSA) is 125 Å². The lowest BCUT2D eigenvalue weighted by Crippen LogP contribution is -2.37. The summed E-state index contributed by atoms with van der Waals surface area (Å²) < 4.78 is 19.3. The Labute approximate surface area is 165 Å². The zero-order chi connectivity index (χ0) is 21.4. The van der Waals surface area contributed by atoms with E-state index in [1.165, 1.54) is 29.2 Å². The van der Waals surface area contributed by atoms with Crippen molar-refractivity contribution in [1.29, 1.82) is 0 Å². The van der Waals surface area contributed by atoms with Gasteiger partial charge >= 0.3 is 5.97 Å². The van der Waals surface area contributed by atoms with Crippen molar-refractivity contribution >= 4 is 23.5 Å². The van der Waals surface area contributed by atoms with Gasteiger partial charge < -0.3 is 15.4 Å². The number of halogens is 1. The maximum Gasteiger partial charge on any atom is 0.359 e. The lowest BCUT2D eigenvalue weighted by molar-refractivity contribution is -0.121. The van der Waals surface area contributed by atoms with Crippen molar-refractivity contribution in [2.24, 2.45) is 5.73 Å². The average Bonchev–Trinajstić information content (AvgIpc) is 2.69. The summed E-state index contributed by atoms with van der Waals surface area (Å²) in [5.41, 5.74) is 4.99. The minimum absolute atomic E-state index is 0.0586. The van der Waals surface area contributed by atoms with Gasteiger partial charge in [-0.2, -0.15) is 5.10 Å². The molecule has 1 heterocycles. The number of anilines is 1. The number of aryl methyl sites for hydroxylation is 1. The van der Waals surface area contributed by atoms with Gasteiger partial charge in [0.05, 0.1) is 0 Å². The molecule has 2 N–H and O–H groups in total. The molecule has 154 valence electrons. The number of primary amides is 1. The van der Waals surface area contributed by atoms with Gasteiger partial charge in [0.2, 0.25) is 5.91 Å². The number of ether oxygens (including phenoxy) is 1. The van der Waals surface area contributed by atoms with Crippen LogP contribution in [0.3, 0.4) is 0 Å². The van der Waals surface area contributed by atoms with Gasteiger partial charge in [0.1, 0.15) is 5.82 Å². The van der Waals surface area contributed by atoms with E-state index in [4.69, 9.17) is 10.5 Å². The lowest BCUT2D eigenvalue weighted by Gasteiger charge is -2.22. The summed E-state index contributed by atoms with van der Waals surface area (Å²) in [4.78, 5) is 48.6. The van der Waals surface area contributed by atoms with Crippen LogP contribution in [0.25, 0.3) is 0 Å². The number of nitrogens with two attached hydrogens (primary N) is 1. The quantitative estimate of drug-likeness (QED) is 0.618. The Hall–Kier alpha value is -3.56. The molecule has 0 saturated carbocycles. The zero-order valence-electron chi connectivity index (χ0n) is 15.8. The number of amides is 2. The van der Waals surface area contributed by atoms with Gasteiger partial charge in [-0.15, -0.1) is 0 Å². The SMILES string of the molecule is CCCn1nc(C(=O)OCC(=O)N(CCC(N)=O)c2ccc(F)cc2)ccc1=O.